The van der Waals surface area contributed by atoms with Crippen LogP contribution < -0.4 is 9.47 Å². The molecule has 5 rings (SSSR count). The molecule has 0 saturated heterocycles. The van der Waals surface area contributed by atoms with E-state index in [4.69, 9.17) is 9.47 Å². The Bertz CT molecular complexity index is 1370. The van der Waals surface area contributed by atoms with Crippen LogP contribution in [0.2, 0.25) is 0 Å². The van der Waals surface area contributed by atoms with E-state index in [0.29, 0.717) is 12.4 Å². The lowest BCUT2D eigenvalue weighted by Crippen LogP contribution is -1.98. The Morgan fingerprint density at radius 1 is 0.727 bits per heavy atom. The van der Waals surface area contributed by atoms with E-state index in [9.17, 15) is 0 Å². The Morgan fingerprint density at radius 3 is 2.45 bits per heavy atom. The molecule has 0 saturated carbocycles. The molecule has 1 N–H and O–H groups in total. The zero-order chi connectivity index (χ0) is 22.3. The molecule has 0 aliphatic rings. The van der Waals surface area contributed by atoms with Crippen LogP contribution >= 0.6 is 0 Å². The van der Waals surface area contributed by atoms with Gasteiger partial charge in [-0.25, -0.2) is 10.1 Å². The van der Waals surface area contributed by atoms with Crippen molar-refractivity contribution >= 4 is 23.1 Å². The molecule has 3 aromatic carbocycles. The molecule has 2 heterocycles. The number of aromatic nitrogens is 5. The van der Waals surface area contributed by atoms with Gasteiger partial charge in [-0.15, -0.1) is 5.10 Å². The van der Waals surface area contributed by atoms with Crippen molar-refractivity contribution in [1.82, 2.24) is 25.6 Å². The summed E-state index contributed by atoms with van der Waals surface area (Å²) in [6, 6.07) is 28.0. The van der Waals surface area contributed by atoms with Crippen molar-refractivity contribution in [3.05, 3.63) is 108 Å². The molecule has 33 heavy (non-hydrogen) atoms. The number of pyridine rings is 1. The Kier molecular flexibility index (Phi) is 6.02. The maximum atomic E-state index is 5.91. The Morgan fingerprint density at radius 2 is 1.58 bits per heavy atom. The third-order valence-corrected chi connectivity index (χ3v) is 5.01. The van der Waals surface area contributed by atoms with Crippen molar-refractivity contribution in [2.75, 3.05) is 0 Å². The van der Waals surface area contributed by atoms with Crippen LogP contribution in [0.25, 0.3) is 23.1 Å². The quantitative estimate of drug-likeness (QED) is 0.342. The second-order valence-electron chi connectivity index (χ2n) is 7.40. The molecule has 0 fully saturated rings. The molecule has 0 amide bonds. The van der Waals surface area contributed by atoms with Gasteiger partial charge in [0.1, 0.15) is 24.7 Å². The monoisotopic (exact) mass is 435 g/mol. The number of aromatic amines is 1. The molecule has 0 bridgehead atoms. The summed E-state index contributed by atoms with van der Waals surface area (Å²) >= 11 is 0. The average molecular weight is 435 g/mol. The van der Waals surface area contributed by atoms with E-state index in [2.05, 4.69) is 37.7 Å². The van der Waals surface area contributed by atoms with Crippen molar-refractivity contribution in [1.29, 1.82) is 0 Å². The van der Waals surface area contributed by atoms with Crippen LogP contribution in [-0.4, -0.2) is 25.6 Å². The number of H-pyrrole nitrogens is 1. The first-order valence-corrected chi connectivity index (χ1v) is 10.5. The second kappa shape index (κ2) is 9.74. The SMILES string of the molecule is C(=Cc1cccc(OCc2nnn[nH]2)c1)c1ccc(OCc2ccc3ccccc3n2)cc1. The van der Waals surface area contributed by atoms with Crippen LogP contribution in [0, 0.1) is 0 Å². The topological polar surface area (TPSA) is 85.8 Å². The average Bonchev–Trinajstić information content (AvgIpc) is 3.40. The largest absolute Gasteiger partial charge is 0.487 e. The van der Waals surface area contributed by atoms with Crippen LogP contribution in [0.4, 0.5) is 0 Å². The van der Waals surface area contributed by atoms with E-state index >= 15 is 0 Å². The lowest BCUT2D eigenvalue weighted by molar-refractivity contribution is 0.296. The van der Waals surface area contributed by atoms with Gasteiger partial charge in [-0.1, -0.05) is 60.7 Å². The highest BCUT2D eigenvalue weighted by atomic mass is 16.5. The van der Waals surface area contributed by atoms with Crippen LogP contribution in [0.5, 0.6) is 11.5 Å². The number of rotatable bonds is 8. The minimum Gasteiger partial charge on any atom is -0.487 e. The fraction of sp³-hybridized carbons (Fsp3) is 0.0769. The summed E-state index contributed by atoms with van der Waals surface area (Å²) in [6.07, 6.45) is 4.09. The van der Waals surface area contributed by atoms with Gasteiger partial charge in [-0.3, -0.25) is 0 Å². The maximum absolute atomic E-state index is 5.91. The van der Waals surface area contributed by atoms with Gasteiger partial charge in [-0.05, 0) is 58.0 Å². The Hall–Kier alpha value is -4.52. The summed E-state index contributed by atoms with van der Waals surface area (Å²) in [7, 11) is 0. The molecule has 0 atom stereocenters. The summed E-state index contributed by atoms with van der Waals surface area (Å²) in [5.74, 6) is 2.13. The van der Waals surface area contributed by atoms with Crippen molar-refractivity contribution in [3.63, 3.8) is 0 Å². The highest BCUT2D eigenvalue weighted by Gasteiger charge is 2.01. The highest BCUT2D eigenvalue weighted by Crippen LogP contribution is 2.19. The first kappa shape index (κ1) is 20.4. The molecule has 0 radical (unpaired) electrons. The van der Waals surface area contributed by atoms with Crippen LogP contribution in [-0.2, 0) is 13.2 Å². The lowest BCUT2D eigenvalue weighted by Gasteiger charge is -2.07. The molecule has 7 nitrogen and oxygen atoms in total. The van der Waals surface area contributed by atoms with Crippen LogP contribution in [0.1, 0.15) is 22.6 Å². The minimum absolute atomic E-state index is 0.288. The summed E-state index contributed by atoms with van der Waals surface area (Å²) in [5.41, 5.74) is 3.99. The fourth-order valence-electron chi connectivity index (χ4n) is 3.31. The molecule has 5 aromatic rings. The standard InChI is InChI=1S/C26H21N5O2/c1-2-7-25-21(5-1)12-13-22(27-25)17-32-23-14-10-19(11-15-23)8-9-20-4-3-6-24(16-20)33-18-26-28-30-31-29-26/h1-16H,17-18H2,(H,28,29,30,31). The number of hydrogen-bond acceptors (Lipinski definition) is 6. The van der Waals surface area contributed by atoms with Gasteiger partial charge in [0, 0.05) is 5.39 Å². The molecule has 2 aromatic heterocycles. The number of para-hydroxylation sites is 1. The number of tetrazole rings is 1. The molecule has 0 aliphatic heterocycles. The van der Waals surface area contributed by atoms with Gasteiger partial charge in [0.05, 0.1) is 11.2 Å². The van der Waals surface area contributed by atoms with Gasteiger partial charge in [-0.2, -0.15) is 0 Å². The van der Waals surface area contributed by atoms with E-state index in [-0.39, 0.29) is 6.61 Å². The lowest BCUT2D eigenvalue weighted by atomic mass is 10.1. The summed E-state index contributed by atoms with van der Waals surface area (Å²) in [5, 5.41) is 14.7. The molecular formula is C26H21N5O2. The summed E-state index contributed by atoms with van der Waals surface area (Å²) in [6.45, 7) is 0.716. The van der Waals surface area contributed by atoms with Gasteiger partial charge in [0.15, 0.2) is 5.82 Å². The smallest absolute Gasteiger partial charge is 0.186 e. The van der Waals surface area contributed by atoms with Crippen molar-refractivity contribution in [2.24, 2.45) is 0 Å². The zero-order valence-electron chi connectivity index (χ0n) is 17.8. The minimum atomic E-state index is 0.288. The van der Waals surface area contributed by atoms with Crippen molar-refractivity contribution in [3.8, 4) is 11.5 Å². The van der Waals surface area contributed by atoms with E-state index in [1.54, 1.807) is 0 Å². The number of fused-ring (bicyclic) bond motifs is 1. The van der Waals surface area contributed by atoms with Gasteiger partial charge < -0.3 is 9.47 Å². The number of hydrogen-bond donors (Lipinski definition) is 1. The van der Waals surface area contributed by atoms with E-state index in [1.165, 1.54) is 0 Å². The zero-order valence-corrected chi connectivity index (χ0v) is 17.8. The molecule has 162 valence electrons. The first-order valence-electron chi connectivity index (χ1n) is 10.5. The Balaban J connectivity index is 1.17. The molecular weight excluding hydrogens is 414 g/mol. The third kappa shape index (κ3) is 5.40. The van der Waals surface area contributed by atoms with Gasteiger partial charge in [0.2, 0.25) is 0 Å². The summed E-state index contributed by atoms with van der Waals surface area (Å²) in [4.78, 5) is 4.65. The predicted molar refractivity (Wildman–Crippen MR) is 126 cm³/mol. The highest BCUT2D eigenvalue weighted by molar-refractivity contribution is 5.78. The van der Waals surface area contributed by atoms with Crippen molar-refractivity contribution < 1.29 is 9.47 Å². The molecule has 0 aliphatic carbocycles. The number of nitrogens with zero attached hydrogens (tertiary/aromatic N) is 4. The fourth-order valence-corrected chi connectivity index (χ4v) is 3.31. The van der Waals surface area contributed by atoms with Gasteiger partial charge in [0.25, 0.3) is 0 Å². The number of benzene rings is 3. The number of nitrogens with one attached hydrogen (secondary N) is 1. The number of ether oxygens (including phenoxy) is 2. The van der Waals surface area contributed by atoms with Crippen LogP contribution in [0.3, 0.4) is 0 Å². The first-order chi connectivity index (χ1) is 16.3. The predicted octanol–water partition coefficient (Wildman–Crippen LogP) is 5.08. The normalized spacial score (nSPS) is 11.2. The van der Waals surface area contributed by atoms with E-state index in [1.807, 2.05) is 84.9 Å². The summed E-state index contributed by atoms with van der Waals surface area (Å²) < 4.78 is 11.6. The Labute approximate surface area is 190 Å². The maximum Gasteiger partial charge on any atom is 0.186 e. The second-order valence-corrected chi connectivity index (χ2v) is 7.40. The van der Waals surface area contributed by atoms with E-state index in [0.717, 1.165) is 39.2 Å². The molecule has 7 heteroatoms. The van der Waals surface area contributed by atoms with Crippen LogP contribution in [0.15, 0.2) is 84.9 Å². The van der Waals surface area contributed by atoms with Gasteiger partial charge >= 0.3 is 0 Å². The third-order valence-electron chi connectivity index (χ3n) is 5.01. The molecule has 0 spiro atoms. The van der Waals surface area contributed by atoms with E-state index < -0.39 is 0 Å². The molecule has 0 unspecified atom stereocenters. The van der Waals surface area contributed by atoms with Crippen molar-refractivity contribution in [2.45, 2.75) is 13.2 Å².